The molecule has 0 spiro atoms. The summed E-state index contributed by atoms with van der Waals surface area (Å²) in [4.78, 5) is 2.76. The molecular formula is C16H22O2S6. The molecule has 2 heterocycles. The summed E-state index contributed by atoms with van der Waals surface area (Å²) in [5.74, 6) is 4.35. The molecule has 4 unspecified atom stereocenters. The SMILES string of the molecule is OCC1CSC(CSc2ccccc2SCC2SCC(CO)S2)S1. The second-order valence-corrected chi connectivity index (χ2v) is 13.7. The Morgan fingerprint density at radius 3 is 1.67 bits per heavy atom. The van der Waals surface area contributed by atoms with Crippen LogP contribution in [0.4, 0.5) is 0 Å². The van der Waals surface area contributed by atoms with E-state index in [0.717, 1.165) is 23.0 Å². The van der Waals surface area contributed by atoms with Crippen LogP contribution in [-0.4, -0.2) is 66.1 Å². The maximum absolute atomic E-state index is 9.26. The molecule has 3 rings (SSSR count). The number of hydrogen-bond donors (Lipinski definition) is 2. The molecule has 4 atom stereocenters. The van der Waals surface area contributed by atoms with Gasteiger partial charge < -0.3 is 10.2 Å². The zero-order valence-corrected chi connectivity index (χ0v) is 18.1. The summed E-state index contributed by atoms with van der Waals surface area (Å²) in [5, 5.41) is 19.4. The lowest BCUT2D eigenvalue weighted by Gasteiger charge is -2.13. The van der Waals surface area contributed by atoms with Crippen molar-refractivity contribution in [3.05, 3.63) is 24.3 Å². The maximum atomic E-state index is 9.26. The number of aliphatic hydroxyl groups excluding tert-OH is 2. The number of rotatable bonds is 8. The third-order valence-electron chi connectivity index (χ3n) is 3.63. The molecule has 0 aliphatic carbocycles. The van der Waals surface area contributed by atoms with E-state index in [2.05, 4.69) is 24.3 Å². The normalized spacial score (nSPS) is 30.1. The van der Waals surface area contributed by atoms with Gasteiger partial charge in [0.15, 0.2) is 0 Å². The Morgan fingerprint density at radius 2 is 1.29 bits per heavy atom. The number of aliphatic hydroxyl groups is 2. The van der Waals surface area contributed by atoms with Crippen LogP contribution in [-0.2, 0) is 0 Å². The van der Waals surface area contributed by atoms with Crippen molar-refractivity contribution in [2.24, 2.45) is 0 Å². The highest BCUT2D eigenvalue weighted by molar-refractivity contribution is 8.22. The van der Waals surface area contributed by atoms with Gasteiger partial charge in [0.2, 0.25) is 0 Å². The third kappa shape index (κ3) is 5.87. The fourth-order valence-electron chi connectivity index (χ4n) is 2.39. The minimum Gasteiger partial charge on any atom is -0.395 e. The van der Waals surface area contributed by atoms with E-state index in [1.54, 1.807) is 0 Å². The van der Waals surface area contributed by atoms with E-state index < -0.39 is 0 Å². The smallest absolute Gasteiger partial charge is 0.0600 e. The first kappa shape index (κ1) is 20.0. The molecule has 0 aromatic heterocycles. The van der Waals surface area contributed by atoms with Gasteiger partial charge in [0, 0.05) is 43.3 Å². The average molecular weight is 439 g/mol. The molecule has 0 bridgehead atoms. The van der Waals surface area contributed by atoms with E-state index in [0.29, 0.717) is 32.9 Å². The van der Waals surface area contributed by atoms with Crippen LogP contribution < -0.4 is 0 Å². The highest BCUT2D eigenvalue weighted by atomic mass is 32.2. The van der Waals surface area contributed by atoms with Crippen molar-refractivity contribution in [2.45, 2.75) is 29.5 Å². The fourth-order valence-corrected chi connectivity index (χ4v) is 11.6. The van der Waals surface area contributed by atoms with Crippen LogP contribution in [0, 0.1) is 0 Å². The fraction of sp³-hybridized carbons (Fsp3) is 0.625. The minimum atomic E-state index is 0.302. The van der Waals surface area contributed by atoms with Crippen molar-refractivity contribution in [2.75, 3.05) is 36.2 Å². The van der Waals surface area contributed by atoms with Crippen LogP contribution >= 0.6 is 70.6 Å². The first-order valence-electron chi connectivity index (χ1n) is 7.89. The van der Waals surface area contributed by atoms with E-state index in [1.807, 2.05) is 70.6 Å². The molecule has 2 nitrogen and oxygen atoms in total. The summed E-state index contributed by atoms with van der Waals surface area (Å²) in [5.41, 5.74) is 0. The quantitative estimate of drug-likeness (QED) is 0.585. The zero-order chi connectivity index (χ0) is 16.8. The number of hydrogen-bond acceptors (Lipinski definition) is 8. The first-order chi connectivity index (χ1) is 11.8. The molecule has 2 saturated heterocycles. The van der Waals surface area contributed by atoms with Crippen LogP contribution in [0.1, 0.15) is 0 Å². The summed E-state index contributed by atoms with van der Waals surface area (Å²) < 4.78 is 1.19. The Kier molecular flexibility index (Phi) is 8.78. The van der Waals surface area contributed by atoms with Crippen LogP contribution in [0.2, 0.25) is 0 Å². The molecule has 134 valence electrons. The van der Waals surface area contributed by atoms with Gasteiger partial charge in [-0.15, -0.1) is 70.6 Å². The van der Waals surface area contributed by atoms with Crippen molar-refractivity contribution in [3.8, 4) is 0 Å². The monoisotopic (exact) mass is 438 g/mol. The summed E-state index contributed by atoms with van der Waals surface area (Å²) >= 11 is 11.7. The predicted molar refractivity (Wildman–Crippen MR) is 117 cm³/mol. The van der Waals surface area contributed by atoms with E-state index in [-0.39, 0.29) is 0 Å². The molecule has 2 aliphatic heterocycles. The van der Waals surface area contributed by atoms with Crippen LogP contribution in [0.3, 0.4) is 0 Å². The third-order valence-corrected chi connectivity index (χ3v) is 13.5. The lowest BCUT2D eigenvalue weighted by molar-refractivity contribution is 0.301. The number of thioether (sulfide) groups is 6. The van der Waals surface area contributed by atoms with Crippen LogP contribution in [0.25, 0.3) is 0 Å². The highest BCUT2D eigenvalue weighted by Crippen LogP contribution is 2.44. The Labute approximate surface area is 169 Å². The van der Waals surface area contributed by atoms with Crippen molar-refractivity contribution in [1.29, 1.82) is 0 Å². The van der Waals surface area contributed by atoms with Crippen LogP contribution in [0.15, 0.2) is 34.1 Å². The van der Waals surface area contributed by atoms with E-state index in [1.165, 1.54) is 9.79 Å². The predicted octanol–water partition coefficient (Wildman–Crippen LogP) is 4.20. The lowest BCUT2D eigenvalue weighted by atomic mass is 10.4. The van der Waals surface area contributed by atoms with E-state index >= 15 is 0 Å². The van der Waals surface area contributed by atoms with Gasteiger partial charge in [-0.05, 0) is 12.1 Å². The van der Waals surface area contributed by atoms with Gasteiger partial charge in [0.25, 0.3) is 0 Å². The van der Waals surface area contributed by atoms with Crippen LogP contribution in [0.5, 0.6) is 0 Å². The molecule has 2 N–H and O–H groups in total. The van der Waals surface area contributed by atoms with E-state index in [4.69, 9.17) is 0 Å². The second kappa shape index (κ2) is 10.5. The van der Waals surface area contributed by atoms with Crippen molar-refractivity contribution in [3.63, 3.8) is 0 Å². The van der Waals surface area contributed by atoms with Gasteiger partial charge in [-0.2, -0.15) is 0 Å². The van der Waals surface area contributed by atoms with Crippen molar-refractivity contribution in [1.82, 2.24) is 0 Å². The van der Waals surface area contributed by atoms with Gasteiger partial charge in [-0.1, -0.05) is 12.1 Å². The standard InChI is InChI=1S/C16H22O2S6/c17-5-11-7-21-15(23-11)9-19-13-3-1-2-4-14(13)20-10-16-22-8-12(6-18)24-16/h1-4,11-12,15-18H,5-10H2. The Morgan fingerprint density at radius 1 is 0.833 bits per heavy atom. The first-order valence-corrected chi connectivity index (χ1v) is 13.8. The molecule has 2 aliphatic rings. The Hall–Kier alpha value is 1.24. The summed E-state index contributed by atoms with van der Waals surface area (Å²) in [7, 11) is 0. The zero-order valence-electron chi connectivity index (χ0n) is 13.2. The second-order valence-electron chi connectivity index (χ2n) is 5.48. The minimum absolute atomic E-state index is 0.302. The largest absolute Gasteiger partial charge is 0.395 e. The van der Waals surface area contributed by atoms with Crippen molar-refractivity contribution < 1.29 is 10.2 Å². The summed E-state index contributed by atoms with van der Waals surface area (Å²) in [6.07, 6.45) is 0. The molecule has 2 fully saturated rings. The van der Waals surface area contributed by atoms with Gasteiger partial charge in [-0.3, -0.25) is 0 Å². The Balaban J connectivity index is 1.48. The molecule has 0 saturated carbocycles. The van der Waals surface area contributed by atoms with E-state index in [9.17, 15) is 10.2 Å². The van der Waals surface area contributed by atoms with Gasteiger partial charge in [0.05, 0.1) is 22.4 Å². The highest BCUT2D eigenvalue weighted by Gasteiger charge is 2.27. The molecular weight excluding hydrogens is 417 g/mol. The maximum Gasteiger partial charge on any atom is 0.0600 e. The molecule has 1 aromatic rings. The number of benzene rings is 1. The van der Waals surface area contributed by atoms with Gasteiger partial charge in [0.1, 0.15) is 0 Å². The molecule has 1 aromatic carbocycles. The Bertz CT molecular complexity index is 472. The molecule has 8 heteroatoms. The molecule has 0 amide bonds. The molecule has 24 heavy (non-hydrogen) atoms. The lowest BCUT2D eigenvalue weighted by Crippen LogP contribution is -2.07. The topological polar surface area (TPSA) is 40.5 Å². The molecule has 0 radical (unpaired) electrons. The summed E-state index contributed by atoms with van der Waals surface area (Å²) in [6.45, 7) is 0.605. The average Bonchev–Trinajstić information content (AvgIpc) is 3.27. The summed E-state index contributed by atoms with van der Waals surface area (Å²) in [6, 6.07) is 8.70. The van der Waals surface area contributed by atoms with Gasteiger partial charge >= 0.3 is 0 Å². The van der Waals surface area contributed by atoms with Gasteiger partial charge in [-0.25, -0.2) is 0 Å². The van der Waals surface area contributed by atoms with Crippen molar-refractivity contribution >= 4 is 70.6 Å².